The molecule has 0 spiro atoms. The van der Waals surface area contributed by atoms with E-state index in [-0.39, 0.29) is 0 Å². The molecule has 1 aromatic heterocycles. The molecule has 0 atom stereocenters. The predicted octanol–water partition coefficient (Wildman–Crippen LogP) is 2.29. The first-order valence-corrected chi connectivity index (χ1v) is 7.28. The lowest BCUT2D eigenvalue weighted by molar-refractivity contribution is 0.114. The Morgan fingerprint density at radius 2 is 2.10 bits per heavy atom. The van der Waals surface area contributed by atoms with Crippen molar-refractivity contribution in [2.24, 2.45) is 5.92 Å². The van der Waals surface area contributed by atoms with E-state index in [4.69, 9.17) is 10.5 Å². The molecular weight excluding hydrogens is 266 g/mol. The molecule has 6 nitrogen and oxygen atoms in total. The number of tetrazole rings is 1. The summed E-state index contributed by atoms with van der Waals surface area (Å²) in [7, 11) is 0. The van der Waals surface area contributed by atoms with Gasteiger partial charge in [-0.05, 0) is 41.3 Å². The molecule has 21 heavy (non-hydrogen) atoms. The lowest BCUT2D eigenvalue weighted by atomic mass is 10.1. The highest BCUT2D eigenvalue weighted by Crippen LogP contribution is 2.21. The van der Waals surface area contributed by atoms with Crippen LogP contribution in [0.15, 0.2) is 18.2 Å². The van der Waals surface area contributed by atoms with E-state index >= 15 is 0 Å². The van der Waals surface area contributed by atoms with E-state index in [2.05, 4.69) is 29.4 Å². The van der Waals surface area contributed by atoms with Gasteiger partial charge in [0.1, 0.15) is 0 Å². The van der Waals surface area contributed by atoms with Crippen molar-refractivity contribution < 1.29 is 4.74 Å². The second-order valence-electron chi connectivity index (χ2n) is 5.59. The third-order valence-electron chi connectivity index (χ3n) is 3.36. The highest BCUT2D eigenvalue weighted by Gasteiger charge is 2.09. The zero-order chi connectivity index (χ0) is 15.2. The Kier molecular flexibility index (Phi) is 5.27. The number of ether oxygens (including phenoxy) is 1. The fraction of sp³-hybridized carbons (Fsp3) is 0.533. The fourth-order valence-electron chi connectivity index (χ4n) is 1.91. The van der Waals surface area contributed by atoms with Gasteiger partial charge in [0.15, 0.2) is 5.82 Å². The van der Waals surface area contributed by atoms with Gasteiger partial charge in [0, 0.05) is 17.9 Å². The SMILES string of the molecule is Cc1ccc(-c2nnnn2CCOCCC(C)C)cc1N. The van der Waals surface area contributed by atoms with Crippen LogP contribution >= 0.6 is 0 Å². The van der Waals surface area contributed by atoms with Crippen molar-refractivity contribution in [3.05, 3.63) is 23.8 Å². The maximum absolute atomic E-state index is 5.94. The number of hydrogen-bond donors (Lipinski definition) is 1. The van der Waals surface area contributed by atoms with Crippen LogP contribution in [0.4, 0.5) is 5.69 Å². The molecule has 6 heteroatoms. The molecule has 0 amide bonds. The zero-order valence-electron chi connectivity index (χ0n) is 12.9. The summed E-state index contributed by atoms with van der Waals surface area (Å²) in [5.41, 5.74) is 8.66. The average Bonchev–Trinajstić information content (AvgIpc) is 2.89. The topological polar surface area (TPSA) is 78.8 Å². The van der Waals surface area contributed by atoms with Gasteiger partial charge in [-0.1, -0.05) is 26.0 Å². The molecule has 2 rings (SSSR count). The smallest absolute Gasteiger partial charge is 0.182 e. The minimum Gasteiger partial charge on any atom is -0.398 e. The van der Waals surface area contributed by atoms with Gasteiger partial charge >= 0.3 is 0 Å². The minimum absolute atomic E-state index is 0.603. The van der Waals surface area contributed by atoms with Crippen LogP contribution in [0.3, 0.4) is 0 Å². The van der Waals surface area contributed by atoms with Crippen molar-refractivity contribution in [3.8, 4) is 11.4 Å². The summed E-state index contributed by atoms with van der Waals surface area (Å²) in [6.45, 7) is 8.35. The average molecular weight is 289 g/mol. The van der Waals surface area contributed by atoms with E-state index in [9.17, 15) is 0 Å². The van der Waals surface area contributed by atoms with Crippen molar-refractivity contribution in [1.29, 1.82) is 0 Å². The number of aryl methyl sites for hydroxylation is 1. The number of rotatable bonds is 7. The van der Waals surface area contributed by atoms with Gasteiger partial charge in [-0.2, -0.15) is 0 Å². The monoisotopic (exact) mass is 289 g/mol. The summed E-state index contributed by atoms with van der Waals surface area (Å²) >= 11 is 0. The Hall–Kier alpha value is -1.95. The van der Waals surface area contributed by atoms with E-state index in [1.54, 1.807) is 4.68 Å². The van der Waals surface area contributed by atoms with Gasteiger partial charge in [0.2, 0.25) is 0 Å². The van der Waals surface area contributed by atoms with Gasteiger partial charge in [-0.25, -0.2) is 4.68 Å². The third kappa shape index (κ3) is 4.26. The van der Waals surface area contributed by atoms with E-state index < -0.39 is 0 Å². The van der Waals surface area contributed by atoms with Gasteiger partial charge in [-0.3, -0.25) is 0 Å². The molecule has 0 aliphatic carbocycles. The van der Waals surface area contributed by atoms with Crippen molar-refractivity contribution in [2.45, 2.75) is 33.7 Å². The zero-order valence-corrected chi connectivity index (χ0v) is 12.9. The fourth-order valence-corrected chi connectivity index (χ4v) is 1.91. The number of nitrogens with two attached hydrogens (primary N) is 1. The molecule has 0 bridgehead atoms. The van der Waals surface area contributed by atoms with Gasteiger partial charge in [0.25, 0.3) is 0 Å². The molecule has 2 aromatic rings. The quantitative estimate of drug-likeness (QED) is 0.625. The van der Waals surface area contributed by atoms with Crippen LogP contribution in [-0.4, -0.2) is 33.4 Å². The maximum atomic E-state index is 5.94. The minimum atomic E-state index is 0.603. The number of benzene rings is 1. The van der Waals surface area contributed by atoms with Crippen molar-refractivity contribution in [1.82, 2.24) is 20.2 Å². The Morgan fingerprint density at radius 3 is 2.81 bits per heavy atom. The van der Waals surface area contributed by atoms with Crippen LogP contribution in [0, 0.1) is 12.8 Å². The van der Waals surface area contributed by atoms with E-state index in [0.29, 0.717) is 24.9 Å². The Balaban J connectivity index is 1.96. The molecule has 1 heterocycles. The molecule has 2 N–H and O–H groups in total. The molecular formula is C15H23N5O. The molecule has 1 aromatic carbocycles. The lowest BCUT2D eigenvalue weighted by Crippen LogP contribution is -2.10. The molecule has 0 saturated carbocycles. The van der Waals surface area contributed by atoms with Crippen LogP contribution in [0.2, 0.25) is 0 Å². The van der Waals surface area contributed by atoms with Gasteiger partial charge < -0.3 is 10.5 Å². The van der Waals surface area contributed by atoms with E-state index in [1.165, 1.54) is 0 Å². The normalized spacial score (nSPS) is 11.2. The largest absolute Gasteiger partial charge is 0.398 e. The first-order chi connectivity index (χ1) is 10.1. The molecule has 0 aliphatic rings. The number of nitrogens with zero attached hydrogens (tertiary/aromatic N) is 4. The molecule has 0 aliphatic heterocycles. The highest BCUT2D eigenvalue weighted by atomic mass is 16.5. The first kappa shape index (κ1) is 15.4. The predicted molar refractivity (Wildman–Crippen MR) is 82.7 cm³/mol. The van der Waals surface area contributed by atoms with Crippen molar-refractivity contribution in [2.75, 3.05) is 18.9 Å². The van der Waals surface area contributed by atoms with Crippen molar-refractivity contribution in [3.63, 3.8) is 0 Å². The Morgan fingerprint density at radius 1 is 1.29 bits per heavy atom. The number of anilines is 1. The summed E-state index contributed by atoms with van der Waals surface area (Å²) < 4.78 is 7.36. The Bertz CT molecular complexity index is 579. The van der Waals surface area contributed by atoms with Gasteiger partial charge in [0.05, 0.1) is 13.2 Å². The van der Waals surface area contributed by atoms with Crippen LogP contribution in [0.5, 0.6) is 0 Å². The van der Waals surface area contributed by atoms with E-state index in [1.807, 2.05) is 25.1 Å². The number of aromatic nitrogens is 4. The van der Waals surface area contributed by atoms with E-state index in [0.717, 1.165) is 29.8 Å². The standard InChI is InChI=1S/C15H23N5O/c1-11(2)6-8-21-9-7-20-15(17-18-19-20)13-5-4-12(3)14(16)10-13/h4-5,10-11H,6-9,16H2,1-3H3. The number of hydrogen-bond acceptors (Lipinski definition) is 5. The van der Waals surface area contributed by atoms with Crippen molar-refractivity contribution >= 4 is 5.69 Å². The molecule has 0 unspecified atom stereocenters. The summed E-state index contributed by atoms with van der Waals surface area (Å²) in [6, 6.07) is 5.85. The maximum Gasteiger partial charge on any atom is 0.182 e. The lowest BCUT2D eigenvalue weighted by Gasteiger charge is -2.08. The summed E-state index contributed by atoms with van der Waals surface area (Å²) in [6.07, 6.45) is 1.07. The van der Waals surface area contributed by atoms with Crippen LogP contribution < -0.4 is 5.73 Å². The second-order valence-corrected chi connectivity index (χ2v) is 5.59. The Labute approximate surface area is 125 Å². The summed E-state index contributed by atoms with van der Waals surface area (Å²) in [4.78, 5) is 0. The second kappa shape index (κ2) is 7.17. The third-order valence-corrected chi connectivity index (χ3v) is 3.36. The molecule has 114 valence electrons. The van der Waals surface area contributed by atoms with Crippen LogP contribution in [0.25, 0.3) is 11.4 Å². The van der Waals surface area contributed by atoms with Gasteiger partial charge in [-0.15, -0.1) is 5.10 Å². The first-order valence-electron chi connectivity index (χ1n) is 7.28. The summed E-state index contributed by atoms with van der Waals surface area (Å²) in [5, 5.41) is 11.8. The van der Waals surface area contributed by atoms with Crippen LogP contribution in [0.1, 0.15) is 25.8 Å². The summed E-state index contributed by atoms with van der Waals surface area (Å²) in [5.74, 6) is 1.37. The molecule has 0 saturated heterocycles. The molecule has 0 fully saturated rings. The highest BCUT2D eigenvalue weighted by molar-refractivity contribution is 5.63. The number of nitrogen functional groups attached to an aromatic ring is 1. The van der Waals surface area contributed by atoms with Crippen LogP contribution in [-0.2, 0) is 11.3 Å². The molecule has 0 radical (unpaired) electrons.